The Morgan fingerprint density at radius 1 is 1.15 bits per heavy atom. The molecule has 2 nitrogen and oxygen atoms in total. The Morgan fingerprint density at radius 3 is 2.31 bits per heavy atom. The molecule has 0 radical (unpaired) electrons. The summed E-state index contributed by atoms with van der Waals surface area (Å²) >= 11 is 0. The van der Waals surface area contributed by atoms with Crippen molar-refractivity contribution in [2.45, 2.75) is 5.79 Å². The van der Waals surface area contributed by atoms with E-state index in [1.54, 1.807) is 6.08 Å². The Kier molecular flexibility index (Phi) is 2.17. The first kappa shape index (κ1) is 8.48. The van der Waals surface area contributed by atoms with Crippen LogP contribution in [-0.2, 0) is 15.3 Å². The lowest BCUT2D eigenvalue weighted by atomic mass is 10.1. The number of benzene rings is 1. The van der Waals surface area contributed by atoms with Gasteiger partial charge in [0.05, 0.1) is 13.2 Å². The van der Waals surface area contributed by atoms with Gasteiger partial charge in [0.1, 0.15) is 0 Å². The molecular formula is C11H12O2. The predicted octanol–water partition coefficient (Wildman–Crippen LogP) is 2.07. The van der Waals surface area contributed by atoms with Crippen LogP contribution in [0.5, 0.6) is 0 Å². The van der Waals surface area contributed by atoms with Crippen LogP contribution in [0.1, 0.15) is 5.56 Å². The van der Waals surface area contributed by atoms with E-state index in [2.05, 4.69) is 6.58 Å². The SMILES string of the molecule is C=CC1(c2ccccc2)OCCO1. The van der Waals surface area contributed by atoms with E-state index in [1.165, 1.54) is 0 Å². The van der Waals surface area contributed by atoms with Crippen LogP contribution in [0.25, 0.3) is 0 Å². The maximum atomic E-state index is 5.54. The van der Waals surface area contributed by atoms with E-state index in [0.717, 1.165) is 5.56 Å². The van der Waals surface area contributed by atoms with Crippen LogP contribution in [0.15, 0.2) is 43.0 Å². The fraction of sp³-hybridized carbons (Fsp3) is 0.273. The van der Waals surface area contributed by atoms with Gasteiger partial charge >= 0.3 is 0 Å². The van der Waals surface area contributed by atoms with Crippen molar-refractivity contribution in [1.82, 2.24) is 0 Å². The molecule has 1 aromatic carbocycles. The summed E-state index contributed by atoms with van der Waals surface area (Å²) in [4.78, 5) is 0. The van der Waals surface area contributed by atoms with Crippen LogP contribution in [0.3, 0.4) is 0 Å². The first-order valence-electron chi connectivity index (χ1n) is 4.34. The van der Waals surface area contributed by atoms with E-state index in [-0.39, 0.29) is 0 Å². The molecule has 2 rings (SSSR count). The Bertz CT molecular complexity index is 286. The highest BCUT2D eigenvalue weighted by Crippen LogP contribution is 2.31. The van der Waals surface area contributed by atoms with Gasteiger partial charge in [-0.25, -0.2) is 0 Å². The molecule has 0 aliphatic carbocycles. The molecule has 2 heteroatoms. The van der Waals surface area contributed by atoms with E-state index in [1.807, 2.05) is 30.3 Å². The highest BCUT2D eigenvalue weighted by Gasteiger charge is 2.34. The minimum absolute atomic E-state index is 0.626. The van der Waals surface area contributed by atoms with E-state index in [9.17, 15) is 0 Å². The minimum Gasteiger partial charge on any atom is -0.340 e. The summed E-state index contributed by atoms with van der Waals surface area (Å²) in [6, 6.07) is 9.85. The zero-order chi connectivity index (χ0) is 9.15. The third-order valence-corrected chi connectivity index (χ3v) is 2.16. The fourth-order valence-electron chi connectivity index (χ4n) is 1.50. The number of ether oxygens (including phenoxy) is 2. The summed E-state index contributed by atoms with van der Waals surface area (Å²) in [6.07, 6.45) is 1.70. The normalized spacial score (nSPS) is 20.0. The molecule has 1 fully saturated rings. The Morgan fingerprint density at radius 2 is 1.77 bits per heavy atom. The molecule has 1 heterocycles. The third kappa shape index (κ3) is 1.39. The van der Waals surface area contributed by atoms with Crippen molar-refractivity contribution >= 4 is 0 Å². The van der Waals surface area contributed by atoms with Crippen LogP contribution in [-0.4, -0.2) is 13.2 Å². The Labute approximate surface area is 77.8 Å². The first-order valence-corrected chi connectivity index (χ1v) is 4.34. The van der Waals surface area contributed by atoms with Gasteiger partial charge < -0.3 is 9.47 Å². The van der Waals surface area contributed by atoms with E-state index >= 15 is 0 Å². The van der Waals surface area contributed by atoms with Crippen LogP contribution >= 0.6 is 0 Å². The lowest BCUT2D eigenvalue weighted by molar-refractivity contribution is -0.123. The molecule has 0 saturated carbocycles. The lowest BCUT2D eigenvalue weighted by Gasteiger charge is -2.23. The highest BCUT2D eigenvalue weighted by molar-refractivity contribution is 5.24. The van der Waals surface area contributed by atoms with Gasteiger partial charge in [0.25, 0.3) is 0 Å². The molecule has 0 unspecified atom stereocenters. The molecular weight excluding hydrogens is 164 g/mol. The maximum absolute atomic E-state index is 5.54. The van der Waals surface area contributed by atoms with Crippen molar-refractivity contribution < 1.29 is 9.47 Å². The molecule has 0 aromatic heterocycles. The predicted molar refractivity (Wildman–Crippen MR) is 50.2 cm³/mol. The van der Waals surface area contributed by atoms with Gasteiger partial charge in [0.15, 0.2) is 0 Å². The van der Waals surface area contributed by atoms with Gasteiger partial charge in [-0.05, 0) is 6.08 Å². The van der Waals surface area contributed by atoms with Crippen molar-refractivity contribution in [1.29, 1.82) is 0 Å². The summed E-state index contributed by atoms with van der Waals surface area (Å²) in [5.41, 5.74) is 1.00. The second-order valence-corrected chi connectivity index (χ2v) is 2.93. The largest absolute Gasteiger partial charge is 0.340 e. The van der Waals surface area contributed by atoms with Crippen LogP contribution in [0, 0.1) is 0 Å². The van der Waals surface area contributed by atoms with E-state index in [0.29, 0.717) is 13.2 Å². The Hall–Kier alpha value is -1.12. The fourth-order valence-corrected chi connectivity index (χ4v) is 1.50. The van der Waals surface area contributed by atoms with Crippen molar-refractivity contribution in [2.75, 3.05) is 13.2 Å². The van der Waals surface area contributed by atoms with Crippen LogP contribution in [0.2, 0.25) is 0 Å². The van der Waals surface area contributed by atoms with Gasteiger partial charge in [-0.3, -0.25) is 0 Å². The quantitative estimate of drug-likeness (QED) is 0.642. The third-order valence-electron chi connectivity index (χ3n) is 2.16. The summed E-state index contributed by atoms with van der Waals surface area (Å²) in [5.74, 6) is -0.707. The molecule has 13 heavy (non-hydrogen) atoms. The molecule has 68 valence electrons. The molecule has 0 N–H and O–H groups in total. The molecule has 1 saturated heterocycles. The topological polar surface area (TPSA) is 18.5 Å². The van der Waals surface area contributed by atoms with Gasteiger partial charge in [-0.1, -0.05) is 36.9 Å². The zero-order valence-corrected chi connectivity index (χ0v) is 7.40. The molecule has 0 bridgehead atoms. The van der Waals surface area contributed by atoms with E-state index in [4.69, 9.17) is 9.47 Å². The average molecular weight is 176 g/mol. The average Bonchev–Trinajstić information content (AvgIpc) is 2.69. The summed E-state index contributed by atoms with van der Waals surface area (Å²) in [7, 11) is 0. The van der Waals surface area contributed by atoms with E-state index < -0.39 is 5.79 Å². The lowest BCUT2D eigenvalue weighted by Crippen LogP contribution is -2.23. The summed E-state index contributed by atoms with van der Waals surface area (Å²) < 4.78 is 11.1. The number of hydrogen-bond donors (Lipinski definition) is 0. The highest BCUT2D eigenvalue weighted by atomic mass is 16.7. The van der Waals surface area contributed by atoms with Gasteiger partial charge in [0, 0.05) is 5.56 Å². The first-order chi connectivity index (χ1) is 6.37. The maximum Gasteiger partial charge on any atom is 0.215 e. The molecule has 1 aromatic rings. The zero-order valence-electron chi connectivity index (χ0n) is 7.40. The smallest absolute Gasteiger partial charge is 0.215 e. The van der Waals surface area contributed by atoms with Gasteiger partial charge in [-0.15, -0.1) is 0 Å². The van der Waals surface area contributed by atoms with Crippen LogP contribution in [0.4, 0.5) is 0 Å². The second-order valence-electron chi connectivity index (χ2n) is 2.93. The van der Waals surface area contributed by atoms with Crippen molar-refractivity contribution in [3.63, 3.8) is 0 Å². The monoisotopic (exact) mass is 176 g/mol. The standard InChI is InChI=1S/C11H12O2/c1-2-11(12-8-9-13-11)10-6-4-3-5-7-10/h2-7H,1,8-9H2. The minimum atomic E-state index is -0.707. The number of rotatable bonds is 2. The van der Waals surface area contributed by atoms with Crippen molar-refractivity contribution in [3.8, 4) is 0 Å². The van der Waals surface area contributed by atoms with Crippen molar-refractivity contribution in [2.24, 2.45) is 0 Å². The molecule has 0 amide bonds. The summed E-state index contributed by atoms with van der Waals surface area (Å²) in [6.45, 7) is 4.99. The molecule has 1 aliphatic rings. The molecule has 0 atom stereocenters. The summed E-state index contributed by atoms with van der Waals surface area (Å²) in [5, 5.41) is 0. The van der Waals surface area contributed by atoms with Gasteiger partial charge in [-0.2, -0.15) is 0 Å². The van der Waals surface area contributed by atoms with Crippen molar-refractivity contribution in [3.05, 3.63) is 48.6 Å². The number of hydrogen-bond acceptors (Lipinski definition) is 2. The molecule has 1 aliphatic heterocycles. The second kappa shape index (κ2) is 3.32. The van der Waals surface area contributed by atoms with Crippen LogP contribution < -0.4 is 0 Å². The Balaban J connectivity index is 2.36. The molecule has 0 spiro atoms. The van der Waals surface area contributed by atoms with Gasteiger partial charge in [0.2, 0.25) is 5.79 Å².